The van der Waals surface area contributed by atoms with Gasteiger partial charge in [-0.2, -0.15) is 0 Å². The van der Waals surface area contributed by atoms with Crippen LogP contribution >= 0.6 is 0 Å². The second-order valence-electron chi connectivity index (χ2n) is 4.74. The van der Waals surface area contributed by atoms with E-state index in [0.29, 0.717) is 13.0 Å². The van der Waals surface area contributed by atoms with E-state index in [1.807, 2.05) is 13.8 Å². The van der Waals surface area contributed by atoms with Gasteiger partial charge in [-0.05, 0) is 13.3 Å². The molecule has 108 valence electrons. The molecule has 1 aliphatic rings. The summed E-state index contributed by atoms with van der Waals surface area (Å²) < 4.78 is 32.0. The second-order valence-corrected chi connectivity index (χ2v) is 6.74. The van der Waals surface area contributed by atoms with Crippen molar-refractivity contribution >= 4 is 10.0 Å². The third-order valence-corrected chi connectivity index (χ3v) is 5.29. The van der Waals surface area contributed by atoms with Crippen LogP contribution in [0.15, 0.2) is 0 Å². The summed E-state index contributed by atoms with van der Waals surface area (Å²) in [6.45, 7) is 7.76. The first-order valence-corrected chi connectivity index (χ1v) is 8.05. The summed E-state index contributed by atoms with van der Waals surface area (Å²) in [6.07, 6.45) is 0.538. The van der Waals surface area contributed by atoms with Crippen LogP contribution in [0.3, 0.4) is 0 Å². The van der Waals surface area contributed by atoms with Crippen LogP contribution in [0.1, 0.15) is 20.3 Å². The molecular weight excluding hydrogens is 254 g/mol. The highest BCUT2D eigenvalue weighted by atomic mass is 32.2. The van der Waals surface area contributed by atoms with Gasteiger partial charge in [0, 0.05) is 32.2 Å². The molecule has 0 aliphatic carbocycles. The van der Waals surface area contributed by atoms with Crippen molar-refractivity contribution in [2.45, 2.75) is 31.6 Å². The molecule has 6 nitrogen and oxygen atoms in total. The van der Waals surface area contributed by atoms with Crippen molar-refractivity contribution in [3.63, 3.8) is 0 Å². The molecule has 0 bridgehead atoms. The molecule has 7 heteroatoms. The molecule has 18 heavy (non-hydrogen) atoms. The minimum atomic E-state index is -3.31. The molecule has 0 saturated carbocycles. The van der Waals surface area contributed by atoms with Gasteiger partial charge in [-0.25, -0.2) is 13.1 Å². The van der Waals surface area contributed by atoms with E-state index < -0.39 is 15.3 Å². The molecule has 2 unspecified atom stereocenters. The van der Waals surface area contributed by atoms with Gasteiger partial charge >= 0.3 is 0 Å². The van der Waals surface area contributed by atoms with Crippen LogP contribution in [0.25, 0.3) is 0 Å². The minimum Gasteiger partial charge on any atom is -0.379 e. The lowest BCUT2D eigenvalue weighted by molar-refractivity contribution is 0.0354. The van der Waals surface area contributed by atoms with Crippen LogP contribution < -0.4 is 10.5 Å². The Kier molecular flexibility index (Phi) is 6.51. The molecule has 0 aromatic rings. The third kappa shape index (κ3) is 4.81. The Morgan fingerprint density at radius 3 is 2.50 bits per heavy atom. The molecule has 1 fully saturated rings. The average Bonchev–Trinajstić information content (AvgIpc) is 2.30. The summed E-state index contributed by atoms with van der Waals surface area (Å²) in [7, 11) is -3.31. The van der Waals surface area contributed by atoms with Crippen molar-refractivity contribution in [1.29, 1.82) is 0 Å². The highest BCUT2D eigenvalue weighted by molar-refractivity contribution is 7.90. The summed E-state index contributed by atoms with van der Waals surface area (Å²) in [5.41, 5.74) is 5.48. The van der Waals surface area contributed by atoms with Gasteiger partial charge in [0.2, 0.25) is 10.0 Å². The highest BCUT2D eigenvalue weighted by Crippen LogP contribution is 2.05. The van der Waals surface area contributed by atoms with E-state index in [1.54, 1.807) is 0 Å². The number of nitrogens with one attached hydrogen (secondary N) is 1. The molecule has 1 rings (SSSR count). The molecule has 1 saturated heterocycles. The van der Waals surface area contributed by atoms with E-state index in [4.69, 9.17) is 10.5 Å². The van der Waals surface area contributed by atoms with Crippen molar-refractivity contribution in [2.75, 3.05) is 39.4 Å². The van der Waals surface area contributed by atoms with Crippen molar-refractivity contribution in [2.24, 2.45) is 5.73 Å². The quantitative estimate of drug-likeness (QED) is 0.648. The summed E-state index contributed by atoms with van der Waals surface area (Å²) in [5.74, 6) is 0. The number of nitrogens with zero attached hydrogens (tertiary/aromatic N) is 1. The fourth-order valence-electron chi connectivity index (χ4n) is 2.10. The van der Waals surface area contributed by atoms with E-state index in [-0.39, 0.29) is 12.6 Å². The lowest BCUT2D eigenvalue weighted by Gasteiger charge is -2.29. The number of morpholine rings is 1. The topological polar surface area (TPSA) is 84.7 Å². The summed E-state index contributed by atoms with van der Waals surface area (Å²) in [4.78, 5) is 2.21. The Morgan fingerprint density at radius 2 is 2.00 bits per heavy atom. The Morgan fingerprint density at radius 1 is 1.39 bits per heavy atom. The molecule has 2 atom stereocenters. The Labute approximate surface area is 110 Å². The number of rotatable bonds is 7. The van der Waals surface area contributed by atoms with Crippen LogP contribution in [0.2, 0.25) is 0 Å². The van der Waals surface area contributed by atoms with Gasteiger partial charge in [-0.3, -0.25) is 4.90 Å². The summed E-state index contributed by atoms with van der Waals surface area (Å²) >= 11 is 0. The van der Waals surface area contributed by atoms with Gasteiger partial charge in [0.05, 0.1) is 18.5 Å². The molecule has 0 aromatic heterocycles. The number of hydrogen-bond donors (Lipinski definition) is 2. The second kappa shape index (κ2) is 7.40. The first-order valence-electron chi connectivity index (χ1n) is 6.51. The van der Waals surface area contributed by atoms with Gasteiger partial charge in [-0.1, -0.05) is 6.92 Å². The molecule has 3 N–H and O–H groups in total. The lowest BCUT2D eigenvalue weighted by atomic mass is 10.3. The zero-order chi connectivity index (χ0) is 13.6. The van der Waals surface area contributed by atoms with Crippen LogP contribution in [-0.2, 0) is 14.8 Å². The number of nitrogens with two attached hydrogens (primary N) is 1. The fraction of sp³-hybridized carbons (Fsp3) is 1.00. The average molecular weight is 279 g/mol. The standard InChI is InChI=1S/C11H25N3O3S/c1-3-11(8-12)18(15,16)13-10(2)9-14-4-6-17-7-5-14/h10-11,13H,3-9,12H2,1-2H3. The zero-order valence-electron chi connectivity index (χ0n) is 11.3. The van der Waals surface area contributed by atoms with E-state index in [1.165, 1.54) is 0 Å². The zero-order valence-corrected chi connectivity index (χ0v) is 12.1. The smallest absolute Gasteiger partial charge is 0.216 e. The maximum atomic E-state index is 12.0. The highest BCUT2D eigenvalue weighted by Gasteiger charge is 2.25. The largest absolute Gasteiger partial charge is 0.379 e. The monoisotopic (exact) mass is 279 g/mol. The van der Waals surface area contributed by atoms with Crippen LogP contribution in [0, 0.1) is 0 Å². The van der Waals surface area contributed by atoms with Crippen LogP contribution in [0.5, 0.6) is 0 Å². The van der Waals surface area contributed by atoms with Gasteiger partial charge in [0.15, 0.2) is 0 Å². The molecule has 0 aromatic carbocycles. The van der Waals surface area contributed by atoms with Crippen molar-refractivity contribution in [1.82, 2.24) is 9.62 Å². The van der Waals surface area contributed by atoms with Crippen molar-refractivity contribution in [3.8, 4) is 0 Å². The van der Waals surface area contributed by atoms with E-state index in [0.717, 1.165) is 26.3 Å². The molecule has 0 radical (unpaired) electrons. The Hall–Kier alpha value is -0.210. The maximum absolute atomic E-state index is 12.0. The first-order chi connectivity index (χ1) is 8.49. The predicted molar refractivity (Wildman–Crippen MR) is 71.9 cm³/mol. The van der Waals surface area contributed by atoms with Crippen molar-refractivity contribution < 1.29 is 13.2 Å². The minimum absolute atomic E-state index is 0.103. The van der Waals surface area contributed by atoms with Crippen LogP contribution in [-0.4, -0.2) is 64.0 Å². The SMILES string of the molecule is CCC(CN)S(=O)(=O)NC(C)CN1CCOCC1. The third-order valence-electron chi connectivity index (χ3n) is 3.16. The van der Waals surface area contributed by atoms with Gasteiger partial charge in [-0.15, -0.1) is 0 Å². The van der Waals surface area contributed by atoms with Gasteiger partial charge in [0.25, 0.3) is 0 Å². The molecule has 1 heterocycles. The molecule has 1 aliphatic heterocycles. The van der Waals surface area contributed by atoms with Gasteiger partial charge in [0.1, 0.15) is 0 Å². The Balaban J connectivity index is 2.45. The number of sulfonamides is 1. The molecule has 0 spiro atoms. The fourth-order valence-corrected chi connectivity index (χ4v) is 3.62. The summed E-state index contributed by atoms with van der Waals surface area (Å²) in [5, 5.41) is -0.496. The van der Waals surface area contributed by atoms with E-state index >= 15 is 0 Å². The maximum Gasteiger partial charge on any atom is 0.216 e. The predicted octanol–water partition coefficient (Wildman–Crippen LogP) is -0.636. The first kappa shape index (κ1) is 15.8. The van der Waals surface area contributed by atoms with Crippen molar-refractivity contribution in [3.05, 3.63) is 0 Å². The number of ether oxygens (including phenoxy) is 1. The van der Waals surface area contributed by atoms with E-state index in [2.05, 4.69) is 9.62 Å². The normalized spacial score (nSPS) is 21.7. The Bertz CT molecular complexity index is 324. The lowest BCUT2D eigenvalue weighted by Crippen LogP contribution is -2.49. The number of hydrogen-bond acceptors (Lipinski definition) is 5. The molecule has 0 amide bonds. The summed E-state index contributed by atoms with van der Waals surface area (Å²) in [6, 6.07) is -0.103. The van der Waals surface area contributed by atoms with E-state index in [9.17, 15) is 8.42 Å². The van der Waals surface area contributed by atoms with Gasteiger partial charge < -0.3 is 10.5 Å². The molecular formula is C11H25N3O3S. The van der Waals surface area contributed by atoms with Crippen LogP contribution in [0.4, 0.5) is 0 Å².